The smallest absolute Gasteiger partial charge is 0.409 e. The van der Waals surface area contributed by atoms with Crippen LogP contribution in [-0.2, 0) is 21.4 Å². The first kappa shape index (κ1) is 17.5. The van der Waals surface area contributed by atoms with Gasteiger partial charge in [-0.25, -0.2) is 4.79 Å². The molecule has 4 heteroatoms. The van der Waals surface area contributed by atoms with E-state index in [1.807, 2.05) is 19.9 Å². The fourth-order valence-corrected chi connectivity index (χ4v) is 3.66. The summed E-state index contributed by atoms with van der Waals surface area (Å²) in [5.41, 5.74) is 2.48. The molecule has 0 heterocycles. The molecular formula is C19H27NO3. The quantitative estimate of drug-likeness (QED) is 0.751. The van der Waals surface area contributed by atoms with Gasteiger partial charge in [-0.05, 0) is 50.7 Å². The van der Waals surface area contributed by atoms with Gasteiger partial charge in [0.2, 0.25) is 0 Å². The van der Waals surface area contributed by atoms with Gasteiger partial charge in [0.05, 0.1) is 6.10 Å². The number of ether oxygens (including phenoxy) is 1. The molecule has 0 aromatic heterocycles. The number of aryl methyl sites for hydroxylation is 1. The second-order valence-corrected chi connectivity index (χ2v) is 6.78. The van der Waals surface area contributed by atoms with Crippen LogP contribution in [0.2, 0.25) is 0 Å². The molecule has 1 amide bonds. The standard InChI is InChI=1S/C19H27NO3/c1-15(2)23-18(22)20(3)14-19(12-7-13-21)11-6-9-16-8-4-5-10-17(16)19/h4-5,8,10,13,15H,6-7,9,11-12,14H2,1-3H3. The van der Waals surface area contributed by atoms with E-state index in [1.54, 1.807) is 11.9 Å². The average molecular weight is 317 g/mol. The Morgan fingerprint density at radius 1 is 1.39 bits per heavy atom. The number of hydrogen-bond acceptors (Lipinski definition) is 3. The summed E-state index contributed by atoms with van der Waals surface area (Å²) in [5, 5.41) is 0. The van der Waals surface area contributed by atoms with Crippen molar-refractivity contribution in [1.82, 2.24) is 4.90 Å². The van der Waals surface area contributed by atoms with Crippen LogP contribution in [0.1, 0.15) is 50.7 Å². The molecular weight excluding hydrogens is 290 g/mol. The Morgan fingerprint density at radius 2 is 2.13 bits per heavy atom. The highest BCUT2D eigenvalue weighted by Crippen LogP contribution is 2.41. The summed E-state index contributed by atoms with van der Waals surface area (Å²) >= 11 is 0. The molecule has 126 valence electrons. The van der Waals surface area contributed by atoms with Crippen molar-refractivity contribution in [2.24, 2.45) is 0 Å². The number of likely N-dealkylation sites (N-methyl/N-ethyl adjacent to an activating group) is 1. The lowest BCUT2D eigenvalue weighted by Gasteiger charge is -2.41. The summed E-state index contributed by atoms with van der Waals surface area (Å²) in [4.78, 5) is 24.8. The molecule has 1 aliphatic carbocycles. The van der Waals surface area contributed by atoms with Crippen LogP contribution in [0.5, 0.6) is 0 Å². The van der Waals surface area contributed by atoms with E-state index in [4.69, 9.17) is 4.74 Å². The first-order valence-corrected chi connectivity index (χ1v) is 8.42. The second-order valence-electron chi connectivity index (χ2n) is 6.78. The van der Waals surface area contributed by atoms with E-state index in [-0.39, 0.29) is 17.6 Å². The van der Waals surface area contributed by atoms with Crippen molar-refractivity contribution in [3.63, 3.8) is 0 Å². The molecule has 0 fully saturated rings. The van der Waals surface area contributed by atoms with Crippen LogP contribution in [0, 0.1) is 0 Å². The third kappa shape index (κ3) is 4.12. The molecule has 1 aliphatic rings. The van der Waals surface area contributed by atoms with Crippen LogP contribution in [0.25, 0.3) is 0 Å². The molecule has 0 N–H and O–H groups in total. The number of carbonyl (C=O) groups excluding carboxylic acids is 2. The molecule has 1 aromatic carbocycles. The predicted molar refractivity (Wildman–Crippen MR) is 90.6 cm³/mol. The molecule has 0 aliphatic heterocycles. The van der Waals surface area contributed by atoms with E-state index in [1.165, 1.54) is 11.1 Å². The van der Waals surface area contributed by atoms with E-state index in [2.05, 4.69) is 18.2 Å². The van der Waals surface area contributed by atoms with Crippen molar-refractivity contribution in [2.75, 3.05) is 13.6 Å². The Morgan fingerprint density at radius 3 is 2.83 bits per heavy atom. The lowest BCUT2D eigenvalue weighted by atomic mass is 9.67. The minimum atomic E-state index is -0.298. The molecule has 0 radical (unpaired) electrons. The van der Waals surface area contributed by atoms with Crippen molar-refractivity contribution in [1.29, 1.82) is 0 Å². The van der Waals surface area contributed by atoms with Crippen molar-refractivity contribution in [3.05, 3.63) is 35.4 Å². The SMILES string of the molecule is CC(C)OC(=O)N(C)CC1(CCC=O)CCCc2ccccc21. The van der Waals surface area contributed by atoms with Gasteiger partial charge < -0.3 is 14.4 Å². The van der Waals surface area contributed by atoms with Gasteiger partial charge in [-0.15, -0.1) is 0 Å². The Hall–Kier alpha value is -1.84. The molecule has 23 heavy (non-hydrogen) atoms. The number of benzene rings is 1. The molecule has 0 saturated heterocycles. The van der Waals surface area contributed by atoms with Crippen LogP contribution in [-0.4, -0.2) is 37.0 Å². The number of rotatable bonds is 6. The van der Waals surface area contributed by atoms with Crippen molar-refractivity contribution in [3.8, 4) is 0 Å². The van der Waals surface area contributed by atoms with Crippen LogP contribution >= 0.6 is 0 Å². The Labute approximate surface area is 138 Å². The normalized spacial score (nSPS) is 20.0. The van der Waals surface area contributed by atoms with Crippen LogP contribution < -0.4 is 0 Å². The van der Waals surface area contributed by atoms with Gasteiger partial charge in [0.15, 0.2) is 0 Å². The Balaban J connectivity index is 2.27. The van der Waals surface area contributed by atoms with Gasteiger partial charge in [0, 0.05) is 25.4 Å². The fourth-order valence-electron chi connectivity index (χ4n) is 3.66. The third-order valence-electron chi connectivity index (χ3n) is 4.62. The molecule has 2 rings (SSSR count). The van der Waals surface area contributed by atoms with Crippen molar-refractivity contribution in [2.45, 2.75) is 57.5 Å². The van der Waals surface area contributed by atoms with Gasteiger partial charge in [0.1, 0.15) is 6.29 Å². The number of carbonyl (C=O) groups is 2. The first-order chi connectivity index (χ1) is 11.0. The van der Waals surface area contributed by atoms with Gasteiger partial charge in [-0.1, -0.05) is 24.3 Å². The number of fused-ring (bicyclic) bond motifs is 1. The van der Waals surface area contributed by atoms with Crippen LogP contribution in [0.3, 0.4) is 0 Å². The van der Waals surface area contributed by atoms with Gasteiger partial charge >= 0.3 is 6.09 Å². The number of aldehydes is 1. The highest BCUT2D eigenvalue weighted by Gasteiger charge is 2.38. The lowest BCUT2D eigenvalue weighted by molar-refractivity contribution is -0.108. The van der Waals surface area contributed by atoms with E-state index < -0.39 is 0 Å². The summed E-state index contributed by atoms with van der Waals surface area (Å²) in [5.74, 6) is 0. The minimum absolute atomic E-state index is 0.130. The number of amides is 1. The topological polar surface area (TPSA) is 46.6 Å². The van der Waals surface area contributed by atoms with Gasteiger partial charge in [0.25, 0.3) is 0 Å². The summed E-state index contributed by atoms with van der Waals surface area (Å²) in [7, 11) is 1.78. The minimum Gasteiger partial charge on any atom is -0.447 e. The number of nitrogens with zero attached hydrogens (tertiary/aromatic N) is 1. The average Bonchev–Trinajstić information content (AvgIpc) is 2.52. The Kier molecular flexibility index (Phi) is 5.80. The van der Waals surface area contributed by atoms with Gasteiger partial charge in [-0.3, -0.25) is 0 Å². The zero-order valence-corrected chi connectivity index (χ0v) is 14.4. The maximum Gasteiger partial charge on any atom is 0.409 e. The first-order valence-electron chi connectivity index (χ1n) is 8.42. The maximum atomic E-state index is 12.2. The molecule has 0 bridgehead atoms. The van der Waals surface area contributed by atoms with E-state index in [9.17, 15) is 9.59 Å². The molecule has 0 saturated carbocycles. The maximum absolute atomic E-state index is 12.2. The highest BCUT2D eigenvalue weighted by atomic mass is 16.6. The summed E-state index contributed by atoms with van der Waals surface area (Å²) in [6.45, 7) is 4.29. The Bertz CT molecular complexity index is 555. The fraction of sp³-hybridized carbons (Fsp3) is 0.579. The van der Waals surface area contributed by atoms with Crippen molar-refractivity contribution < 1.29 is 14.3 Å². The monoisotopic (exact) mass is 317 g/mol. The summed E-state index contributed by atoms with van der Waals surface area (Å²) in [6.07, 6.45) is 4.99. The van der Waals surface area contributed by atoms with Crippen molar-refractivity contribution >= 4 is 12.4 Å². The number of hydrogen-bond donors (Lipinski definition) is 0. The molecule has 1 atom stereocenters. The lowest BCUT2D eigenvalue weighted by Crippen LogP contribution is -2.44. The molecule has 1 aromatic rings. The highest BCUT2D eigenvalue weighted by molar-refractivity contribution is 5.67. The second kappa shape index (κ2) is 7.62. The summed E-state index contributed by atoms with van der Waals surface area (Å²) < 4.78 is 5.31. The third-order valence-corrected chi connectivity index (χ3v) is 4.62. The zero-order valence-electron chi connectivity index (χ0n) is 14.4. The largest absolute Gasteiger partial charge is 0.447 e. The van der Waals surface area contributed by atoms with E-state index in [0.29, 0.717) is 13.0 Å². The molecule has 0 spiro atoms. The van der Waals surface area contributed by atoms with E-state index >= 15 is 0 Å². The molecule has 4 nitrogen and oxygen atoms in total. The summed E-state index contributed by atoms with van der Waals surface area (Å²) in [6, 6.07) is 8.43. The predicted octanol–water partition coefficient (Wildman–Crippen LogP) is 3.72. The molecule has 1 unspecified atom stereocenters. The van der Waals surface area contributed by atoms with Crippen LogP contribution in [0.4, 0.5) is 4.79 Å². The zero-order chi connectivity index (χ0) is 16.9. The van der Waals surface area contributed by atoms with Crippen LogP contribution in [0.15, 0.2) is 24.3 Å². The van der Waals surface area contributed by atoms with E-state index in [0.717, 1.165) is 32.0 Å². The van der Waals surface area contributed by atoms with Gasteiger partial charge in [-0.2, -0.15) is 0 Å².